The minimum atomic E-state index is 0.00443. The Morgan fingerprint density at radius 2 is 0.585 bits per heavy atom. The number of rotatable bonds is 10. The fourth-order valence-corrected chi connectivity index (χ4v) is 23.2. The van der Waals surface area contributed by atoms with E-state index in [1.807, 2.05) is 36.5 Å². The molecule has 666 valence electrons. The van der Waals surface area contributed by atoms with E-state index in [1.54, 1.807) is 0 Å². The minimum Gasteiger partial charge on any atom is -0.458 e. The van der Waals surface area contributed by atoms with Crippen molar-refractivity contribution < 1.29 is 23.0 Å². The van der Waals surface area contributed by atoms with Crippen molar-refractivity contribution in [1.82, 2.24) is 28.7 Å². The Labute approximate surface area is 818 Å². The summed E-state index contributed by atoms with van der Waals surface area (Å²) in [7, 11) is 0. The summed E-state index contributed by atoms with van der Waals surface area (Å²) < 4.78 is 38.9. The molecule has 0 aliphatic carbocycles. The predicted octanol–water partition coefficient (Wildman–Crippen LogP) is 25.7. The van der Waals surface area contributed by atoms with Gasteiger partial charge in [0.1, 0.15) is 51.3 Å². The summed E-state index contributed by atoms with van der Waals surface area (Å²) in [6.45, 7) is 4.27. The molecule has 0 atom stereocenters. The summed E-state index contributed by atoms with van der Waals surface area (Å²) in [5, 5.41) is 7.54. The number of hydrogen-bond acceptors (Lipinski definition) is 11. The van der Waals surface area contributed by atoms with Gasteiger partial charge in [0, 0.05) is 74.4 Å². The number of pyridine rings is 1. The highest BCUT2D eigenvalue weighted by Gasteiger charge is 2.40. The summed E-state index contributed by atoms with van der Waals surface area (Å²) >= 11 is 0. The van der Waals surface area contributed by atoms with Gasteiger partial charge in [0.25, 0.3) is 20.1 Å². The number of hydrogen-bond donors (Lipinski definition) is 0. The number of para-hydroxylation sites is 15. The fourth-order valence-electron chi connectivity index (χ4n) is 23.2. The Balaban J connectivity index is 0.000000102. The summed E-state index contributed by atoms with van der Waals surface area (Å²) in [6, 6.07) is 153. The number of oxazole rings is 2. The Morgan fingerprint density at radius 3 is 1.04 bits per heavy atom. The van der Waals surface area contributed by atoms with Crippen molar-refractivity contribution in [3.05, 3.63) is 449 Å². The number of aromatic nitrogens is 6. The molecule has 6 aromatic heterocycles. The van der Waals surface area contributed by atoms with Crippen molar-refractivity contribution in [3.63, 3.8) is 0 Å². The maximum Gasteiger partial charge on any atom is 0.251 e. The number of nitrogens with zero attached hydrogens (tertiary/aromatic N) is 9. The van der Waals surface area contributed by atoms with E-state index in [0.29, 0.717) is 0 Å². The molecule has 0 saturated heterocycles. The van der Waals surface area contributed by atoms with Crippen LogP contribution in [0.4, 0.5) is 51.3 Å². The highest BCUT2D eigenvalue weighted by atomic mass is 16.5. The number of anilines is 9. The van der Waals surface area contributed by atoms with Crippen molar-refractivity contribution in [2.75, 3.05) is 14.7 Å². The van der Waals surface area contributed by atoms with Gasteiger partial charge in [0.05, 0.1) is 84.3 Å². The lowest BCUT2D eigenvalue weighted by atomic mass is 9.36. The molecule has 19 aromatic carbocycles. The smallest absolute Gasteiger partial charge is 0.251 e. The van der Waals surface area contributed by atoms with E-state index in [-0.39, 0.29) is 20.1 Å². The van der Waals surface area contributed by atoms with Crippen LogP contribution < -0.4 is 78.1 Å². The van der Waals surface area contributed by atoms with Crippen LogP contribution in [0.15, 0.2) is 446 Å². The largest absolute Gasteiger partial charge is 0.458 e. The van der Waals surface area contributed by atoms with Crippen molar-refractivity contribution >= 4 is 208 Å². The van der Waals surface area contributed by atoms with Crippen LogP contribution in [0.1, 0.15) is 25.6 Å². The van der Waals surface area contributed by atoms with E-state index < -0.39 is 0 Å². The molecule has 17 heteroatoms. The van der Waals surface area contributed by atoms with E-state index in [2.05, 4.69) is 443 Å². The molecule has 6 aliphatic rings. The first-order valence-corrected chi connectivity index (χ1v) is 48.7. The van der Waals surface area contributed by atoms with Crippen LogP contribution in [0.2, 0.25) is 0 Å². The summed E-state index contributed by atoms with van der Waals surface area (Å²) in [6.07, 6.45) is 3.52. The molecule has 0 radical (unpaired) electrons. The first-order chi connectivity index (χ1) is 70.3. The second-order valence-electron chi connectivity index (χ2n) is 37.2. The molecule has 31 rings (SSSR count). The van der Waals surface area contributed by atoms with Crippen LogP contribution >= 0.6 is 0 Å². The highest BCUT2D eigenvalue weighted by molar-refractivity contribution is 6.98. The zero-order valence-electron chi connectivity index (χ0n) is 77.3. The second-order valence-corrected chi connectivity index (χ2v) is 37.2. The van der Waals surface area contributed by atoms with Gasteiger partial charge >= 0.3 is 0 Å². The van der Waals surface area contributed by atoms with Crippen LogP contribution in [-0.2, 0) is 12.8 Å². The molecular weight excluding hydrogens is 1740 g/mol. The molecule has 0 amide bonds. The molecule has 0 N–H and O–H groups in total. The molecule has 142 heavy (non-hydrogen) atoms. The SMILES string of the molecule is CCc1nc2cc(B3c4ccccc4Oc4cc(-c5ccc(N6c7ccccc7-n7c8ccccc8c8cccc6c87)cc5)ccc43)ccc2o1.CCc1nc2cc(B3c4ccccc4Oc4cc(N5c6ccccc6-n6c7ccccc7c7cccc5c76)ccc43)ccc2o1.c1ccc(B2c3ccccc3Oc3cc(-c4ccc(N5c6ccccc6-n6c7ccccc7c7cccc5c76)nc4)ccc32)cc1. The monoisotopic (exact) mass is 1820 g/mol. The Morgan fingerprint density at radius 1 is 0.239 bits per heavy atom. The van der Waals surface area contributed by atoms with Gasteiger partial charge < -0.3 is 46.5 Å². The van der Waals surface area contributed by atoms with Gasteiger partial charge in [0.15, 0.2) is 22.9 Å². The third-order valence-electron chi connectivity index (χ3n) is 29.5. The summed E-state index contributed by atoms with van der Waals surface area (Å²) in [5.74, 6) is 7.69. The van der Waals surface area contributed by atoms with Gasteiger partial charge in [-0.2, -0.15) is 0 Å². The number of benzene rings is 19. The quantitative estimate of drug-likeness (QED) is 0.122. The molecule has 12 heterocycles. The lowest BCUT2D eigenvalue weighted by Crippen LogP contribution is -2.54. The average molecular weight is 1820 g/mol. The van der Waals surface area contributed by atoms with Gasteiger partial charge in [-0.25, -0.2) is 15.0 Å². The van der Waals surface area contributed by atoms with Gasteiger partial charge in [-0.15, -0.1) is 0 Å². The van der Waals surface area contributed by atoms with Crippen LogP contribution in [0, 0.1) is 0 Å². The molecule has 0 bridgehead atoms. The molecule has 0 spiro atoms. The molecule has 14 nitrogen and oxygen atoms in total. The zero-order valence-corrected chi connectivity index (χ0v) is 77.3. The van der Waals surface area contributed by atoms with E-state index in [9.17, 15) is 0 Å². The second kappa shape index (κ2) is 32.1. The van der Waals surface area contributed by atoms with Crippen LogP contribution in [0.5, 0.6) is 34.5 Å². The summed E-state index contributed by atoms with van der Waals surface area (Å²) in [5.41, 5.74) is 38.2. The molecule has 0 fully saturated rings. The number of aryl methyl sites for hydroxylation is 2. The third-order valence-corrected chi connectivity index (χ3v) is 29.5. The maximum atomic E-state index is 6.68. The fraction of sp³-hybridized carbons (Fsp3) is 0.0320. The van der Waals surface area contributed by atoms with Crippen molar-refractivity contribution in [1.29, 1.82) is 0 Å². The van der Waals surface area contributed by atoms with Crippen molar-refractivity contribution in [2.45, 2.75) is 26.7 Å². The minimum absolute atomic E-state index is 0.00443. The topological polar surface area (TPSA) is 117 Å². The van der Waals surface area contributed by atoms with Crippen molar-refractivity contribution in [2.24, 2.45) is 0 Å². The van der Waals surface area contributed by atoms with E-state index in [4.69, 9.17) is 38.0 Å². The highest BCUT2D eigenvalue weighted by Crippen LogP contribution is 2.55. The van der Waals surface area contributed by atoms with E-state index in [0.717, 1.165) is 182 Å². The molecule has 6 aliphatic heterocycles. The molecular formula is C125H82B3N9O5. The van der Waals surface area contributed by atoms with Crippen LogP contribution in [-0.4, -0.2) is 48.8 Å². The van der Waals surface area contributed by atoms with E-state index in [1.165, 1.54) is 104 Å². The Hall–Kier alpha value is -18.3. The molecule has 0 unspecified atom stereocenters. The lowest BCUT2D eigenvalue weighted by Gasteiger charge is -2.34. The van der Waals surface area contributed by atoms with Gasteiger partial charge in [-0.05, 0) is 207 Å². The predicted molar refractivity (Wildman–Crippen MR) is 582 cm³/mol. The summed E-state index contributed by atoms with van der Waals surface area (Å²) in [4.78, 5) is 21.6. The third kappa shape index (κ3) is 12.6. The zero-order chi connectivity index (χ0) is 93.5. The lowest BCUT2D eigenvalue weighted by molar-refractivity contribution is 0.487. The maximum absolute atomic E-state index is 6.68. The standard InChI is InChI=1S/C45H30BN3O2.C41H26BN3O.C39H26BN3O2/c1-2-44-47-36-27-30(21-25-42(36)51-44)46-34-12-4-8-17-41(34)50-43-26-29(20-24-35(43)46)28-18-22-31(23-19-28)48-38-14-6-7-15-39(38)49-37-13-5-3-10-32(37)33-11-9-16-40(48)45(33)49;1-2-11-29(12-3-1)42-32-15-5-9-20-38(32)46-39-25-27(21-23-33(39)42)28-22-24-40(43-26-28)44-35-17-7-8-18-36(35)45-34-16-6-4-13-30(34)31-14-10-19-37(44)41(31)45;1-2-38-41-30-22-24(18-21-36(30)45-38)40-28-12-4-8-17-35(28)44-37-23-25(19-20-29(37)40)42-32-14-6-7-15-33(32)43-31-13-5-3-10-26(31)27-11-9-16-34(42)39(27)43/h3-27H,2H2,1H3;1-26H;3-23H,2H2,1H3. The first kappa shape index (κ1) is 80.9. The number of fused-ring (bicyclic) bond motifs is 23. The van der Waals surface area contributed by atoms with E-state index >= 15 is 0 Å². The first-order valence-electron chi connectivity index (χ1n) is 48.7. The molecule has 25 aromatic rings. The van der Waals surface area contributed by atoms with Crippen LogP contribution in [0.3, 0.4) is 0 Å². The van der Waals surface area contributed by atoms with Gasteiger partial charge in [0.2, 0.25) is 0 Å². The van der Waals surface area contributed by atoms with Crippen molar-refractivity contribution in [3.8, 4) is 73.8 Å². The Bertz CT molecular complexity index is 9540. The van der Waals surface area contributed by atoms with Crippen LogP contribution in [0.25, 0.3) is 127 Å². The molecule has 0 saturated carbocycles. The average Bonchev–Trinajstić information content (AvgIpc) is 1.54. The normalized spacial score (nSPS) is 13.0. The Kier molecular flexibility index (Phi) is 18.3. The number of ether oxygens (including phenoxy) is 3. The van der Waals surface area contributed by atoms with Gasteiger partial charge in [-0.3, -0.25) is 4.90 Å². The van der Waals surface area contributed by atoms with Gasteiger partial charge in [-0.1, -0.05) is 297 Å².